The molecule has 0 fully saturated rings. The van der Waals surface area contributed by atoms with Crippen molar-refractivity contribution in [2.45, 2.75) is 33.7 Å². The summed E-state index contributed by atoms with van der Waals surface area (Å²) < 4.78 is 12.6. The van der Waals surface area contributed by atoms with Gasteiger partial charge in [0.1, 0.15) is 16.4 Å². The molecule has 0 radical (unpaired) electrons. The Morgan fingerprint density at radius 3 is 2.83 bits per heavy atom. The van der Waals surface area contributed by atoms with Crippen LogP contribution in [0.1, 0.15) is 32.3 Å². The van der Waals surface area contributed by atoms with Crippen LogP contribution in [-0.4, -0.2) is 21.1 Å². The first-order valence-corrected chi connectivity index (χ1v) is 10.7. The molecule has 0 amide bonds. The van der Waals surface area contributed by atoms with Crippen molar-refractivity contribution in [3.8, 4) is 17.1 Å². The summed E-state index contributed by atoms with van der Waals surface area (Å²) in [6.07, 6.45) is 3.74. The quantitative estimate of drug-likeness (QED) is 0.482. The second-order valence-corrected chi connectivity index (χ2v) is 8.33. The standard InChI is InChI=1S/C22H23N3O4S/c1-4-19-24-21-20(15(12-30-21)17-6-5-7-28-17)22(27)25(19)10-14-8-16(26)18(9-23-14)29-11-13(2)3/h5-9,12-13H,4,10-11H2,1-3H3,(H,23,26). The fourth-order valence-corrected chi connectivity index (χ4v) is 4.18. The Hall–Kier alpha value is -3.13. The van der Waals surface area contributed by atoms with Gasteiger partial charge in [-0.1, -0.05) is 20.8 Å². The van der Waals surface area contributed by atoms with Crippen LogP contribution < -0.4 is 15.7 Å². The van der Waals surface area contributed by atoms with Gasteiger partial charge in [-0.2, -0.15) is 0 Å². The summed E-state index contributed by atoms with van der Waals surface area (Å²) in [6.45, 7) is 6.68. The maximum absolute atomic E-state index is 13.4. The van der Waals surface area contributed by atoms with Crippen LogP contribution in [0.25, 0.3) is 21.5 Å². The third-order valence-electron chi connectivity index (χ3n) is 4.71. The number of nitrogens with zero attached hydrogens (tertiary/aromatic N) is 2. The van der Waals surface area contributed by atoms with E-state index in [1.165, 1.54) is 17.4 Å². The summed E-state index contributed by atoms with van der Waals surface area (Å²) in [5, 5.41) is 2.43. The molecule has 4 aromatic rings. The molecule has 8 heteroatoms. The van der Waals surface area contributed by atoms with Crippen molar-refractivity contribution >= 4 is 21.6 Å². The highest BCUT2D eigenvalue weighted by molar-refractivity contribution is 7.17. The van der Waals surface area contributed by atoms with E-state index in [9.17, 15) is 9.59 Å². The van der Waals surface area contributed by atoms with Crippen LogP contribution in [0.4, 0.5) is 0 Å². The number of aryl methyl sites for hydroxylation is 1. The highest BCUT2D eigenvalue weighted by Crippen LogP contribution is 2.31. The lowest BCUT2D eigenvalue weighted by molar-refractivity contribution is 0.267. The monoisotopic (exact) mass is 425 g/mol. The molecule has 1 N–H and O–H groups in total. The number of furan rings is 1. The fraction of sp³-hybridized carbons (Fsp3) is 0.318. The zero-order valence-corrected chi connectivity index (χ0v) is 17.9. The molecule has 4 rings (SSSR count). The van der Waals surface area contributed by atoms with Crippen LogP contribution in [0.5, 0.6) is 5.75 Å². The number of fused-ring (bicyclic) bond motifs is 1. The first-order valence-electron chi connectivity index (χ1n) is 9.87. The molecule has 0 atom stereocenters. The Bertz CT molecular complexity index is 1280. The van der Waals surface area contributed by atoms with E-state index < -0.39 is 0 Å². The first kappa shape index (κ1) is 20.2. The lowest BCUT2D eigenvalue weighted by Gasteiger charge is -2.12. The molecule has 4 aromatic heterocycles. The van der Waals surface area contributed by atoms with Gasteiger partial charge in [0, 0.05) is 35.3 Å². The zero-order valence-electron chi connectivity index (χ0n) is 17.1. The Labute approximate surface area is 177 Å². The highest BCUT2D eigenvalue weighted by Gasteiger charge is 2.18. The van der Waals surface area contributed by atoms with Crippen molar-refractivity contribution in [1.82, 2.24) is 14.5 Å². The average Bonchev–Trinajstić information content (AvgIpc) is 3.38. The third-order valence-corrected chi connectivity index (χ3v) is 5.59. The van der Waals surface area contributed by atoms with E-state index in [2.05, 4.69) is 4.98 Å². The predicted octanol–water partition coefficient (Wildman–Crippen LogP) is 4.05. The van der Waals surface area contributed by atoms with Gasteiger partial charge >= 0.3 is 0 Å². The second kappa shape index (κ2) is 8.31. The Kier molecular flexibility index (Phi) is 5.59. The number of hydrogen-bond acceptors (Lipinski definition) is 6. The molecule has 156 valence electrons. The van der Waals surface area contributed by atoms with E-state index in [0.29, 0.717) is 46.4 Å². The number of H-pyrrole nitrogens is 1. The topological polar surface area (TPSA) is 90.1 Å². The van der Waals surface area contributed by atoms with E-state index >= 15 is 0 Å². The molecule has 0 saturated carbocycles. The lowest BCUT2D eigenvalue weighted by atomic mass is 10.2. The van der Waals surface area contributed by atoms with Crippen LogP contribution in [0, 0.1) is 5.92 Å². The van der Waals surface area contributed by atoms with Gasteiger partial charge in [-0.15, -0.1) is 11.3 Å². The number of nitrogens with one attached hydrogen (secondary N) is 1. The minimum atomic E-state index is -0.212. The molecule has 0 aromatic carbocycles. The molecule has 0 aliphatic rings. The molecule has 0 bridgehead atoms. The average molecular weight is 426 g/mol. The highest BCUT2D eigenvalue weighted by atomic mass is 32.1. The van der Waals surface area contributed by atoms with E-state index in [0.717, 1.165) is 5.56 Å². The van der Waals surface area contributed by atoms with Gasteiger partial charge in [0.2, 0.25) is 5.43 Å². The summed E-state index contributed by atoms with van der Waals surface area (Å²) in [7, 11) is 0. The number of aromatic nitrogens is 3. The SMILES string of the molecule is CCc1nc2scc(-c3ccco3)c2c(=O)n1Cc1cc(=O)c(OCC(C)C)c[nH]1. The van der Waals surface area contributed by atoms with Crippen LogP contribution in [0.15, 0.2) is 50.0 Å². The minimum absolute atomic E-state index is 0.148. The van der Waals surface area contributed by atoms with Gasteiger partial charge in [0.25, 0.3) is 5.56 Å². The van der Waals surface area contributed by atoms with Crippen molar-refractivity contribution in [2.24, 2.45) is 5.92 Å². The summed E-state index contributed by atoms with van der Waals surface area (Å²) in [5.41, 5.74) is 0.992. The van der Waals surface area contributed by atoms with E-state index in [-0.39, 0.29) is 23.3 Å². The van der Waals surface area contributed by atoms with Crippen LogP contribution in [0.2, 0.25) is 0 Å². The van der Waals surface area contributed by atoms with Gasteiger partial charge in [-0.05, 0) is 18.1 Å². The van der Waals surface area contributed by atoms with E-state index in [1.54, 1.807) is 23.1 Å². The van der Waals surface area contributed by atoms with Gasteiger partial charge in [0.15, 0.2) is 5.75 Å². The normalized spacial score (nSPS) is 11.5. The summed E-state index contributed by atoms with van der Waals surface area (Å²) >= 11 is 1.42. The van der Waals surface area contributed by atoms with Crippen molar-refractivity contribution in [2.75, 3.05) is 6.61 Å². The fourth-order valence-electron chi connectivity index (χ4n) is 3.24. The molecule has 0 aliphatic carbocycles. The Morgan fingerprint density at radius 2 is 2.17 bits per heavy atom. The van der Waals surface area contributed by atoms with Crippen LogP contribution >= 0.6 is 11.3 Å². The zero-order chi connectivity index (χ0) is 21.3. The molecule has 0 saturated heterocycles. The third kappa shape index (κ3) is 3.82. The number of pyridine rings is 1. The molecule has 30 heavy (non-hydrogen) atoms. The Balaban J connectivity index is 1.74. The maximum atomic E-state index is 13.4. The molecule has 0 aliphatic heterocycles. The van der Waals surface area contributed by atoms with Crippen LogP contribution in [-0.2, 0) is 13.0 Å². The minimum Gasteiger partial charge on any atom is -0.488 e. The smallest absolute Gasteiger partial charge is 0.263 e. The van der Waals surface area contributed by atoms with Crippen molar-refractivity contribution in [3.63, 3.8) is 0 Å². The van der Waals surface area contributed by atoms with Crippen molar-refractivity contribution in [1.29, 1.82) is 0 Å². The Morgan fingerprint density at radius 1 is 1.33 bits per heavy atom. The number of hydrogen-bond donors (Lipinski definition) is 1. The molecule has 7 nitrogen and oxygen atoms in total. The van der Waals surface area contributed by atoms with Gasteiger partial charge in [0.05, 0.1) is 24.8 Å². The molecular weight excluding hydrogens is 402 g/mol. The summed E-state index contributed by atoms with van der Waals surface area (Å²) in [4.78, 5) is 34.3. The van der Waals surface area contributed by atoms with E-state index in [1.807, 2.05) is 32.2 Å². The first-order chi connectivity index (χ1) is 14.5. The lowest BCUT2D eigenvalue weighted by Crippen LogP contribution is -2.26. The van der Waals surface area contributed by atoms with Crippen molar-refractivity contribution < 1.29 is 9.15 Å². The number of thiophene rings is 1. The number of rotatable bonds is 7. The summed E-state index contributed by atoms with van der Waals surface area (Å²) in [5.74, 6) is 1.90. The van der Waals surface area contributed by atoms with Crippen LogP contribution in [0.3, 0.4) is 0 Å². The van der Waals surface area contributed by atoms with Gasteiger partial charge < -0.3 is 14.1 Å². The van der Waals surface area contributed by atoms with E-state index in [4.69, 9.17) is 14.1 Å². The summed E-state index contributed by atoms with van der Waals surface area (Å²) in [6, 6.07) is 5.10. The van der Waals surface area contributed by atoms with Gasteiger partial charge in [-0.25, -0.2) is 4.98 Å². The molecule has 4 heterocycles. The molecular formula is C22H23N3O4S. The number of aromatic amines is 1. The maximum Gasteiger partial charge on any atom is 0.263 e. The largest absolute Gasteiger partial charge is 0.488 e. The number of ether oxygens (including phenoxy) is 1. The molecule has 0 unspecified atom stereocenters. The van der Waals surface area contributed by atoms with Gasteiger partial charge in [-0.3, -0.25) is 14.2 Å². The van der Waals surface area contributed by atoms with Crippen molar-refractivity contribution in [3.05, 3.63) is 68.1 Å². The predicted molar refractivity (Wildman–Crippen MR) is 117 cm³/mol. The molecule has 0 spiro atoms. The second-order valence-electron chi connectivity index (χ2n) is 7.47.